The van der Waals surface area contributed by atoms with Gasteiger partial charge in [-0.05, 0) is 27.3 Å². The topological polar surface area (TPSA) is 41.1 Å². The molecule has 1 atom stereocenters. The normalized spacial score (nSPS) is 13.2. The van der Waals surface area contributed by atoms with Crippen molar-refractivity contribution < 1.29 is 4.79 Å². The third-order valence-corrected chi connectivity index (χ3v) is 1.50. The van der Waals surface area contributed by atoms with Gasteiger partial charge in [0, 0.05) is 6.04 Å². The van der Waals surface area contributed by atoms with Crippen LogP contribution < -0.4 is 10.6 Å². The van der Waals surface area contributed by atoms with E-state index in [1.54, 1.807) is 7.05 Å². The molecule has 0 fully saturated rings. The molecule has 3 nitrogen and oxygen atoms in total. The van der Waals surface area contributed by atoms with Gasteiger partial charge in [0.1, 0.15) is 0 Å². The maximum Gasteiger partial charge on any atom is 0.237 e. The standard InChI is InChI=1S/C8H18N2O/c1-5-7(9-4)8(11)10-6(2)3/h6-7,9H,5H2,1-4H3,(H,10,11)/t7-/m1/s1. The zero-order valence-corrected chi connectivity index (χ0v) is 7.77. The van der Waals surface area contributed by atoms with Crippen molar-refractivity contribution in [1.82, 2.24) is 10.6 Å². The van der Waals surface area contributed by atoms with Gasteiger partial charge in [-0.25, -0.2) is 0 Å². The lowest BCUT2D eigenvalue weighted by Gasteiger charge is -2.15. The minimum absolute atomic E-state index is 0.0441. The number of carbonyl (C=O) groups excluding carboxylic acids is 1. The van der Waals surface area contributed by atoms with E-state index in [1.165, 1.54) is 0 Å². The van der Waals surface area contributed by atoms with E-state index in [1.807, 2.05) is 20.8 Å². The average Bonchev–Trinajstić information content (AvgIpc) is 1.88. The van der Waals surface area contributed by atoms with E-state index in [4.69, 9.17) is 0 Å². The highest BCUT2D eigenvalue weighted by Gasteiger charge is 2.13. The van der Waals surface area contributed by atoms with Gasteiger partial charge < -0.3 is 10.6 Å². The van der Waals surface area contributed by atoms with Crippen LogP contribution in [0.25, 0.3) is 0 Å². The molecule has 0 heterocycles. The molecule has 66 valence electrons. The summed E-state index contributed by atoms with van der Waals surface area (Å²) in [6, 6.07) is 0.183. The van der Waals surface area contributed by atoms with Gasteiger partial charge in [0.25, 0.3) is 0 Å². The Bertz CT molecular complexity index is 119. The Morgan fingerprint density at radius 3 is 2.27 bits per heavy atom. The summed E-state index contributed by atoms with van der Waals surface area (Å²) in [5.41, 5.74) is 0. The van der Waals surface area contributed by atoms with Crippen LogP contribution in [0.3, 0.4) is 0 Å². The molecule has 0 spiro atoms. The van der Waals surface area contributed by atoms with Crippen molar-refractivity contribution in [1.29, 1.82) is 0 Å². The summed E-state index contributed by atoms with van der Waals surface area (Å²) in [7, 11) is 1.80. The van der Waals surface area contributed by atoms with Crippen molar-refractivity contribution in [2.75, 3.05) is 7.05 Å². The van der Waals surface area contributed by atoms with Crippen molar-refractivity contribution in [3.8, 4) is 0 Å². The molecule has 0 aromatic heterocycles. The molecule has 1 amide bonds. The summed E-state index contributed by atoms with van der Waals surface area (Å²) >= 11 is 0. The van der Waals surface area contributed by atoms with E-state index in [0.29, 0.717) is 0 Å². The Morgan fingerprint density at radius 1 is 1.45 bits per heavy atom. The predicted molar refractivity (Wildman–Crippen MR) is 46.4 cm³/mol. The molecule has 0 radical (unpaired) electrons. The van der Waals surface area contributed by atoms with Crippen molar-refractivity contribution >= 4 is 5.91 Å². The van der Waals surface area contributed by atoms with E-state index in [9.17, 15) is 4.79 Å². The highest BCUT2D eigenvalue weighted by atomic mass is 16.2. The second-order valence-corrected chi connectivity index (χ2v) is 2.91. The third-order valence-electron chi connectivity index (χ3n) is 1.50. The van der Waals surface area contributed by atoms with E-state index < -0.39 is 0 Å². The molecular formula is C8H18N2O. The van der Waals surface area contributed by atoms with E-state index >= 15 is 0 Å². The first-order valence-electron chi connectivity index (χ1n) is 4.09. The Morgan fingerprint density at radius 2 is 2.00 bits per heavy atom. The largest absolute Gasteiger partial charge is 0.353 e. The molecule has 11 heavy (non-hydrogen) atoms. The van der Waals surface area contributed by atoms with Gasteiger partial charge in [0.05, 0.1) is 6.04 Å². The zero-order valence-electron chi connectivity index (χ0n) is 7.77. The molecule has 2 N–H and O–H groups in total. The predicted octanol–water partition coefficient (Wildman–Crippen LogP) is 0.509. The molecular weight excluding hydrogens is 140 g/mol. The van der Waals surface area contributed by atoms with Crippen molar-refractivity contribution in [3.63, 3.8) is 0 Å². The van der Waals surface area contributed by atoms with E-state index in [-0.39, 0.29) is 18.0 Å². The number of hydrogen-bond donors (Lipinski definition) is 2. The molecule has 0 aromatic carbocycles. The number of amides is 1. The van der Waals surface area contributed by atoms with Crippen LogP contribution in [0, 0.1) is 0 Å². The summed E-state index contributed by atoms with van der Waals surface area (Å²) in [6.07, 6.45) is 0.828. The van der Waals surface area contributed by atoms with Gasteiger partial charge in [-0.1, -0.05) is 6.92 Å². The number of carbonyl (C=O) groups is 1. The number of nitrogens with one attached hydrogen (secondary N) is 2. The van der Waals surface area contributed by atoms with Crippen LogP contribution >= 0.6 is 0 Å². The first kappa shape index (κ1) is 10.4. The lowest BCUT2D eigenvalue weighted by Crippen LogP contribution is -2.44. The molecule has 3 heteroatoms. The van der Waals surface area contributed by atoms with Crippen LogP contribution in [0.15, 0.2) is 0 Å². The fourth-order valence-electron chi connectivity index (χ4n) is 0.906. The zero-order chi connectivity index (χ0) is 8.85. The molecule has 0 saturated carbocycles. The Kier molecular flexibility index (Phi) is 4.86. The third kappa shape index (κ3) is 3.98. The fraction of sp³-hybridized carbons (Fsp3) is 0.875. The van der Waals surface area contributed by atoms with Crippen molar-refractivity contribution in [2.45, 2.75) is 39.3 Å². The van der Waals surface area contributed by atoms with Crippen molar-refractivity contribution in [2.24, 2.45) is 0 Å². The summed E-state index contributed by atoms with van der Waals surface area (Å²) in [6.45, 7) is 5.90. The molecule has 0 aliphatic carbocycles. The maximum atomic E-state index is 11.2. The molecule has 0 bridgehead atoms. The Balaban J connectivity index is 3.79. The van der Waals surface area contributed by atoms with Crippen LogP contribution in [0.4, 0.5) is 0 Å². The Hall–Kier alpha value is -0.570. The first-order chi connectivity index (χ1) is 5.11. The second kappa shape index (κ2) is 5.13. The molecule has 0 unspecified atom stereocenters. The average molecular weight is 158 g/mol. The summed E-state index contributed by atoms with van der Waals surface area (Å²) in [4.78, 5) is 11.2. The van der Waals surface area contributed by atoms with E-state index in [2.05, 4.69) is 10.6 Å². The minimum Gasteiger partial charge on any atom is -0.353 e. The van der Waals surface area contributed by atoms with Crippen LogP contribution in [0.5, 0.6) is 0 Å². The highest BCUT2D eigenvalue weighted by molar-refractivity contribution is 5.81. The summed E-state index contributed by atoms with van der Waals surface area (Å²) < 4.78 is 0. The minimum atomic E-state index is -0.0441. The first-order valence-corrected chi connectivity index (χ1v) is 4.09. The molecule has 0 aliphatic heterocycles. The van der Waals surface area contributed by atoms with Crippen LogP contribution in [-0.2, 0) is 4.79 Å². The van der Waals surface area contributed by atoms with Crippen LogP contribution in [-0.4, -0.2) is 25.0 Å². The molecule has 0 aliphatic rings. The smallest absolute Gasteiger partial charge is 0.237 e. The summed E-state index contributed by atoms with van der Waals surface area (Å²) in [5.74, 6) is 0.0880. The molecule has 0 rings (SSSR count). The van der Waals surface area contributed by atoms with Crippen LogP contribution in [0.2, 0.25) is 0 Å². The number of rotatable bonds is 4. The SMILES string of the molecule is CC[C@@H](NC)C(=O)NC(C)C. The van der Waals surface area contributed by atoms with Gasteiger partial charge in [-0.2, -0.15) is 0 Å². The lowest BCUT2D eigenvalue weighted by molar-refractivity contribution is -0.123. The van der Waals surface area contributed by atoms with E-state index in [0.717, 1.165) is 6.42 Å². The number of likely N-dealkylation sites (N-methyl/N-ethyl adjacent to an activating group) is 1. The van der Waals surface area contributed by atoms with Gasteiger partial charge in [-0.15, -0.1) is 0 Å². The monoisotopic (exact) mass is 158 g/mol. The quantitative estimate of drug-likeness (QED) is 0.626. The van der Waals surface area contributed by atoms with Gasteiger partial charge in [0.15, 0.2) is 0 Å². The van der Waals surface area contributed by atoms with Crippen LogP contribution in [0.1, 0.15) is 27.2 Å². The van der Waals surface area contributed by atoms with Crippen molar-refractivity contribution in [3.05, 3.63) is 0 Å². The fourth-order valence-corrected chi connectivity index (χ4v) is 0.906. The summed E-state index contributed by atoms with van der Waals surface area (Å²) in [5, 5.41) is 5.79. The Labute approximate surface area is 68.6 Å². The maximum absolute atomic E-state index is 11.2. The highest BCUT2D eigenvalue weighted by Crippen LogP contribution is 1.90. The number of hydrogen-bond acceptors (Lipinski definition) is 2. The molecule has 0 saturated heterocycles. The second-order valence-electron chi connectivity index (χ2n) is 2.91. The lowest BCUT2D eigenvalue weighted by atomic mass is 10.2. The van der Waals surface area contributed by atoms with Gasteiger partial charge >= 0.3 is 0 Å². The molecule has 0 aromatic rings. The van der Waals surface area contributed by atoms with Gasteiger partial charge in [-0.3, -0.25) is 4.79 Å². The van der Waals surface area contributed by atoms with Gasteiger partial charge in [0.2, 0.25) is 5.91 Å².